The molecule has 0 nitrogen and oxygen atoms in total. The molecule has 0 saturated heterocycles. The first kappa shape index (κ1) is 63.6. The van der Waals surface area contributed by atoms with Gasteiger partial charge in [0.15, 0.2) is 0 Å². The van der Waals surface area contributed by atoms with Crippen molar-refractivity contribution in [1.29, 1.82) is 0 Å². The summed E-state index contributed by atoms with van der Waals surface area (Å²) in [4.78, 5) is 0. The normalized spacial score (nSPS) is 9.89. The van der Waals surface area contributed by atoms with E-state index in [4.69, 9.17) is 0 Å². The minimum absolute atomic E-state index is 1.14. The Kier molecular flexibility index (Phi) is 33.4. The summed E-state index contributed by atoms with van der Waals surface area (Å²) >= 11 is 0. The summed E-state index contributed by atoms with van der Waals surface area (Å²) < 4.78 is 0. The molecule has 7 rings (SSSR count). The topological polar surface area (TPSA) is 0 Å². The lowest BCUT2D eigenvalue weighted by Crippen LogP contribution is -1.88. The van der Waals surface area contributed by atoms with Crippen molar-refractivity contribution in [3.05, 3.63) is 246 Å². The predicted molar refractivity (Wildman–Crippen MR) is 321 cm³/mol. The lowest BCUT2D eigenvalue weighted by molar-refractivity contribution is 0.795. The molecule has 0 saturated carbocycles. The fourth-order valence-corrected chi connectivity index (χ4v) is 8.05. The minimum Gasteiger partial charge on any atom is -0.0654 e. The van der Waals surface area contributed by atoms with Crippen LogP contribution in [0.4, 0.5) is 0 Å². The second-order valence-corrected chi connectivity index (χ2v) is 19.1. The Morgan fingerprint density at radius 1 is 0.254 bits per heavy atom. The Balaban J connectivity index is 0.000000414. The second kappa shape index (κ2) is 37.3. The summed E-state index contributed by atoms with van der Waals surface area (Å²) in [7, 11) is 0. The summed E-state index contributed by atoms with van der Waals surface area (Å²) in [6, 6.07) is 52.5. The zero-order valence-electron chi connectivity index (χ0n) is 48.6. The minimum atomic E-state index is 1.14. The van der Waals surface area contributed by atoms with Crippen LogP contribution in [0.1, 0.15) is 175 Å². The molecular weight excluding hydrogens is 853 g/mol. The summed E-state index contributed by atoms with van der Waals surface area (Å²) in [5.41, 5.74) is 25.7. The Morgan fingerprint density at radius 2 is 0.606 bits per heavy atom. The van der Waals surface area contributed by atoms with Crippen molar-refractivity contribution >= 4 is 0 Å². The van der Waals surface area contributed by atoms with E-state index in [2.05, 4.69) is 270 Å². The molecule has 0 aliphatic carbocycles. The first-order chi connectivity index (χ1) is 34.0. The maximum atomic E-state index is 2.30. The van der Waals surface area contributed by atoms with Crippen molar-refractivity contribution < 1.29 is 0 Å². The lowest BCUT2D eigenvalue weighted by atomic mass is 10.0. The van der Waals surface area contributed by atoms with Gasteiger partial charge in [0, 0.05) is 0 Å². The summed E-state index contributed by atoms with van der Waals surface area (Å²) in [6.07, 6.45) is 13.0. The van der Waals surface area contributed by atoms with Crippen LogP contribution in [0, 0.1) is 62.3 Å². The monoisotopic (exact) mass is 953 g/mol. The zero-order valence-corrected chi connectivity index (χ0v) is 48.6. The van der Waals surface area contributed by atoms with Crippen LogP contribution in [-0.4, -0.2) is 0 Å². The van der Waals surface area contributed by atoms with Gasteiger partial charge in [0.05, 0.1) is 0 Å². The molecule has 0 spiro atoms. The van der Waals surface area contributed by atoms with Crippen LogP contribution in [0.5, 0.6) is 0 Å². The van der Waals surface area contributed by atoms with Crippen molar-refractivity contribution in [1.82, 2.24) is 0 Å². The molecule has 0 radical (unpaired) electrons. The van der Waals surface area contributed by atoms with Gasteiger partial charge in [0.25, 0.3) is 0 Å². The second-order valence-electron chi connectivity index (χ2n) is 19.1. The molecule has 7 aromatic rings. The standard InChI is InChI=1S/C11H16.6C10H14/c1-4-10-6-9(3)7-11(5-2)8-10;1-7-5-8(2)10(4)9(3)6-7;1-7-5-6-8(2)10(4)9(7)3;1-3-9-5-7-10(4-2)8-6-9;1-3-9-6-5-7-10(4-2)8-9;1-3-9-7-5-6-8-10(9)4-2;1-2-3-7-10-8-5-4-6-9-10/h6-8H,4-5H2,1-3H3;2*5-6H,1-4H3;3*5-8H,3-4H2,1-2H3;4-6,8-9H,2-3,7H2,1H3. The SMILES string of the molecule is CCCCc1ccccc1.CCc1cc(C)cc(CC)c1.CCc1ccc(CC)cc1.CCc1cccc(CC)c1.CCc1ccccc1CC.Cc1cc(C)c(C)c(C)c1.Cc1ccc(C)c(C)c1C. The average molecular weight is 954 g/mol. The van der Waals surface area contributed by atoms with E-state index in [-0.39, 0.29) is 0 Å². The van der Waals surface area contributed by atoms with Gasteiger partial charge >= 0.3 is 0 Å². The Labute approximate surface area is 438 Å². The molecule has 0 bridgehead atoms. The van der Waals surface area contributed by atoms with Crippen molar-refractivity contribution in [3.63, 3.8) is 0 Å². The molecule has 0 unspecified atom stereocenters. The van der Waals surface area contributed by atoms with E-state index in [1.807, 2.05) is 0 Å². The van der Waals surface area contributed by atoms with Crippen LogP contribution < -0.4 is 0 Å². The highest BCUT2D eigenvalue weighted by Crippen LogP contribution is 2.16. The van der Waals surface area contributed by atoms with E-state index in [0.717, 1.165) is 51.4 Å². The number of hydrogen-bond donors (Lipinski definition) is 0. The molecule has 0 aromatic heterocycles. The Bertz CT molecular complexity index is 2320. The molecule has 0 aliphatic heterocycles. The van der Waals surface area contributed by atoms with Gasteiger partial charge in [0.2, 0.25) is 0 Å². The maximum absolute atomic E-state index is 2.30. The molecule has 0 N–H and O–H groups in total. The Hall–Kier alpha value is -5.46. The van der Waals surface area contributed by atoms with E-state index in [1.165, 1.54) is 119 Å². The first-order valence-electron chi connectivity index (χ1n) is 27.5. The molecule has 0 aliphatic rings. The van der Waals surface area contributed by atoms with Gasteiger partial charge in [0.1, 0.15) is 0 Å². The van der Waals surface area contributed by atoms with Crippen molar-refractivity contribution in [2.75, 3.05) is 0 Å². The smallest absolute Gasteiger partial charge is 0.0279 e. The highest BCUT2D eigenvalue weighted by molar-refractivity contribution is 5.38. The maximum Gasteiger partial charge on any atom is -0.0279 e. The lowest BCUT2D eigenvalue weighted by Gasteiger charge is -2.06. The fourth-order valence-electron chi connectivity index (χ4n) is 8.05. The average Bonchev–Trinajstić information content (AvgIpc) is 3.41. The molecule has 0 atom stereocenters. The van der Waals surface area contributed by atoms with E-state index in [1.54, 1.807) is 0 Å². The Morgan fingerprint density at radius 3 is 0.972 bits per heavy atom. The van der Waals surface area contributed by atoms with Crippen LogP contribution in [-0.2, 0) is 57.8 Å². The first-order valence-corrected chi connectivity index (χ1v) is 27.5. The van der Waals surface area contributed by atoms with E-state index in [9.17, 15) is 0 Å². The molecule has 71 heavy (non-hydrogen) atoms. The molecule has 0 amide bonds. The van der Waals surface area contributed by atoms with Crippen molar-refractivity contribution in [2.24, 2.45) is 0 Å². The molecular formula is C71H100. The van der Waals surface area contributed by atoms with E-state index in [0.29, 0.717) is 0 Å². The van der Waals surface area contributed by atoms with Gasteiger partial charge in [-0.15, -0.1) is 0 Å². The third-order valence-electron chi connectivity index (χ3n) is 13.6. The molecule has 0 heterocycles. The van der Waals surface area contributed by atoms with E-state index < -0.39 is 0 Å². The van der Waals surface area contributed by atoms with Gasteiger partial charge < -0.3 is 0 Å². The summed E-state index contributed by atoms with van der Waals surface area (Å²) in [5.74, 6) is 0. The number of benzene rings is 7. The quantitative estimate of drug-likeness (QED) is 0.121. The summed E-state index contributed by atoms with van der Waals surface area (Å²) in [6.45, 7) is 39.2. The van der Waals surface area contributed by atoms with Crippen molar-refractivity contribution in [2.45, 2.75) is 195 Å². The van der Waals surface area contributed by atoms with Crippen LogP contribution in [0.15, 0.2) is 146 Å². The zero-order chi connectivity index (χ0) is 53.1. The van der Waals surface area contributed by atoms with Gasteiger partial charge in [-0.3, -0.25) is 0 Å². The van der Waals surface area contributed by atoms with Crippen molar-refractivity contribution in [3.8, 4) is 0 Å². The largest absolute Gasteiger partial charge is 0.0654 e. The van der Waals surface area contributed by atoms with Crippen LogP contribution >= 0.6 is 0 Å². The van der Waals surface area contributed by atoms with Gasteiger partial charge in [-0.1, -0.05) is 225 Å². The fraction of sp³-hybridized carbons (Fsp3) is 0.408. The highest BCUT2D eigenvalue weighted by atomic mass is 14.1. The van der Waals surface area contributed by atoms with E-state index >= 15 is 0 Å². The molecule has 7 aromatic carbocycles. The van der Waals surface area contributed by atoms with Gasteiger partial charge in [-0.2, -0.15) is 0 Å². The van der Waals surface area contributed by atoms with Crippen LogP contribution in [0.2, 0.25) is 0 Å². The molecule has 0 heteroatoms. The molecule has 384 valence electrons. The van der Waals surface area contributed by atoms with Crippen LogP contribution in [0.3, 0.4) is 0 Å². The van der Waals surface area contributed by atoms with Crippen LogP contribution in [0.25, 0.3) is 0 Å². The predicted octanol–water partition coefficient (Wildman–Crippen LogP) is 20.4. The highest BCUT2D eigenvalue weighted by Gasteiger charge is 1.99. The van der Waals surface area contributed by atoms with Gasteiger partial charge in [-0.25, -0.2) is 0 Å². The number of unbranched alkanes of at least 4 members (excludes halogenated alkanes) is 1. The third kappa shape index (κ3) is 26.0. The number of hydrogen-bond acceptors (Lipinski definition) is 0. The number of aryl methyl sites for hydroxylation is 15. The van der Waals surface area contributed by atoms with Gasteiger partial charge in [-0.05, 0) is 216 Å². The molecule has 0 fully saturated rings. The number of rotatable bonds is 11. The summed E-state index contributed by atoms with van der Waals surface area (Å²) in [5, 5.41) is 0. The third-order valence-corrected chi connectivity index (χ3v) is 13.6.